The van der Waals surface area contributed by atoms with Crippen molar-refractivity contribution >= 4 is 17.6 Å². The summed E-state index contributed by atoms with van der Waals surface area (Å²) in [6.07, 6.45) is -5.09. The van der Waals surface area contributed by atoms with Crippen molar-refractivity contribution in [3.63, 3.8) is 0 Å². The minimum absolute atomic E-state index is 0.0877. The van der Waals surface area contributed by atoms with Crippen molar-refractivity contribution in [2.75, 3.05) is 13.7 Å². The van der Waals surface area contributed by atoms with E-state index in [0.29, 0.717) is 5.56 Å². The molecular formula is C12H13ClF3NO4. The van der Waals surface area contributed by atoms with Crippen LogP contribution in [0.3, 0.4) is 0 Å². The Labute approximate surface area is 124 Å². The Morgan fingerprint density at radius 2 is 2.10 bits per heavy atom. The van der Waals surface area contributed by atoms with Crippen LogP contribution in [0.15, 0.2) is 6.07 Å². The number of ether oxygens (including phenoxy) is 3. The fraction of sp³-hybridized carbons (Fsp3) is 0.500. The molecule has 1 aromatic heterocycles. The van der Waals surface area contributed by atoms with E-state index in [4.69, 9.17) is 21.1 Å². The lowest BCUT2D eigenvalue weighted by molar-refractivity contribution is -0.276. The average Bonchev–Trinajstić information content (AvgIpc) is 2.38. The first-order valence-corrected chi connectivity index (χ1v) is 6.38. The summed E-state index contributed by atoms with van der Waals surface area (Å²) in [7, 11) is 1.16. The Kier molecular flexibility index (Phi) is 6.07. The lowest BCUT2D eigenvalue weighted by Gasteiger charge is -2.14. The molecule has 0 atom stereocenters. The van der Waals surface area contributed by atoms with Crippen LogP contribution in [-0.4, -0.2) is 31.0 Å². The van der Waals surface area contributed by atoms with Gasteiger partial charge >= 0.3 is 12.3 Å². The maximum absolute atomic E-state index is 12.3. The molecule has 0 spiro atoms. The molecule has 0 bridgehead atoms. The van der Waals surface area contributed by atoms with Gasteiger partial charge in [0.2, 0.25) is 0 Å². The summed E-state index contributed by atoms with van der Waals surface area (Å²) >= 11 is 5.64. The third kappa shape index (κ3) is 5.30. The molecule has 0 aliphatic carbocycles. The number of methoxy groups -OCH3 is 1. The second-order valence-electron chi connectivity index (χ2n) is 3.76. The van der Waals surface area contributed by atoms with Crippen LogP contribution in [0.1, 0.15) is 18.2 Å². The molecule has 118 valence electrons. The highest BCUT2D eigenvalue weighted by molar-refractivity contribution is 6.17. The summed E-state index contributed by atoms with van der Waals surface area (Å²) in [5.41, 5.74) is 0.402. The van der Waals surface area contributed by atoms with Gasteiger partial charge in [0.1, 0.15) is 0 Å². The van der Waals surface area contributed by atoms with Gasteiger partial charge in [-0.2, -0.15) is 0 Å². The minimum atomic E-state index is -4.91. The van der Waals surface area contributed by atoms with Gasteiger partial charge < -0.3 is 14.2 Å². The molecular weight excluding hydrogens is 315 g/mol. The van der Waals surface area contributed by atoms with Crippen LogP contribution in [0, 0.1) is 0 Å². The Hall–Kier alpha value is -1.70. The van der Waals surface area contributed by atoms with E-state index in [1.807, 2.05) is 0 Å². The molecule has 0 aromatic carbocycles. The zero-order valence-corrected chi connectivity index (χ0v) is 12.0. The molecule has 5 nitrogen and oxygen atoms in total. The zero-order valence-electron chi connectivity index (χ0n) is 11.3. The first-order valence-electron chi connectivity index (χ1n) is 5.84. The Balaban J connectivity index is 3.13. The summed E-state index contributed by atoms with van der Waals surface area (Å²) in [4.78, 5) is 15.1. The third-order valence-electron chi connectivity index (χ3n) is 2.32. The van der Waals surface area contributed by atoms with Crippen LogP contribution >= 0.6 is 11.6 Å². The number of carbonyl (C=O) groups excluding carboxylic acids is 1. The average molecular weight is 328 g/mol. The van der Waals surface area contributed by atoms with Crippen molar-refractivity contribution in [3.8, 4) is 11.6 Å². The third-order valence-corrected chi connectivity index (χ3v) is 2.58. The maximum Gasteiger partial charge on any atom is 0.574 e. The number of rotatable bonds is 6. The first kappa shape index (κ1) is 17.4. The SMILES string of the molecule is CCOC(=O)Cc1cc(OC)c(OC(F)(F)F)nc1CCl. The highest BCUT2D eigenvalue weighted by Gasteiger charge is 2.34. The molecule has 0 radical (unpaired) electrons. The van der Waals surface area contributed by atoms with Crippen molar-refractivity contribution in [2.24, 2.45) is 0 Å². The van der Waals surface area contributed by atoms with Crippen molar-refractivity contribution in [1.82, 2.24) is 4.98 Å². The van der Waals surface area contributed by atoms with Crippen molar-refractivity contribution in [3.05, 3.63) is 17.3 Å². The minimum Gasteiger partial charge on any atom is -0.491 e. The number of alkyl halides is 4. The van der Waals surface area contributed by atoms with Gasteiger partial charge in [-0.1, -0.05) is 0 Å². The molecule has 0 saturated heterocycles. The molecule has 0 aliphatic rings. The number of hydrogen-bond acceptors (Lipinski definition) is 5. The molecule has 21 heavy (non-hydrogen) atoms. The van der Waals surface area contributed by atoms with E-state index in [-0.39, 0.29) is 30.4 Å². The largest absolute Gasteiger partial charge is 0.574 e. The number of pyridine rings is 1. The van der Waals surface area contributed by atoms with Crippen LogP contribution in [0.25, 0.3) is 0 Å². The quantitative estimate of drug-likeness (QED) is 0.594. The summed E-state index contributed by atoms with van der Waals surface area (Å²) in [5.74, 6) is -1.74. The molecule has 1 rings (SSSR count). The second kappa shape index (κ2) is 7.35. The van der Waals surface area contributed by atoms with Gasteiger partial charge in [0.05, 0.1) is 31.7 Å². The predicted octanol–water partition coefficient (Wildman–Crippen LogP) is 2.83. The van der Waals surface area contributed by atoms with Crippen LogP contribution in [-0.2, 0) is 21.8 Å². The van der Waals surface area contributed by atoms with Gasteiger partial charge in [-0.15, -0.1) is 24.8 Å². The molecule has 0 aliphatic heterocycles. The number of halogens is 4. The van der Waals surface area contributed by atoms with E-state index in [2.05, 4.69) is 9.72 Å². The van der Waals surface area contributed by atoms with Crippen LogP contribution < -0.4 is 9.47 Å². The molecule has 1 heterocycles. The molecule has 0 saturated carbocycles. The molecule has 0 N–H and O–H groups in total. The first-order chi connectivity index (χ1) is 9.80. The van der Waals surface area contributed by atoms with E-state index in [1.165, 1.54) is 6.07 Å². The zero-order chi connectivity index (χ0) is 16.0. The topological polar surface area (TPSA) is 57.7 Å². The lowest BCUT2D eigenvalue weighted by Crippen LogP contribution is -2.19. The van der Waals surface area contributed by atoms with E-state index < -0.39 is 18.2 Å². The van der Waals surface area contributed by atoms with Gasteiger partial charge in [-0.25, -0.2) is 4.98 Å². The summed E-state index contributed by atoms with van der Waals surface area (Å²) in [6, 6.07) is 1.22. The van der Waals surface area contributed by atoms with Crippen molar-refractivity contribution in [1.29, 1.82) is 0 Å². The number of carbonyl (C=O) groups is 1. The maximum atomic E-state index is 12.3. The predicted molar refractivity (Wildman–Crippen MR) is 67.4 cm³/mol. The number of esters is 1. The highest BCUT2D eigenvalue weighted by Crippen LogP contribution is 2.32. The van der Waals surface area contributed by atoms with Crippen LogP contribution in [0.4, 0.5) is 13.2 Å². The Morgan fingerprint density at radius 3 is 2.57 bits per heavy atom. The van der Waals surface area contributed by atoms with Crippen LogP contribution in [0.5, 0.6) is 11.6 Å². The summed E-state index contributed by atoms with van der Waals surface area (Å²) in [6.45, 7) is 1.83. The molecule has 0 amide bonds. The van der Waals surface area contributed by atoms with Gasteiger partial charge in [-0.05, 0) is 18.6 Å². The normalized spacial score (nSPS) is 11.1. The van der Waals surface area contributed by atoms with Gasteiger partial charge in [0, 0.05) is 0 Å². The monoisotopic (exact) mass is 327 g/mol. The van der Waals surface area contributed by atoms with E-state index in [1.54, 1.807) is 6.92 Å². The Bertz CT molecular complexity index is 508. The fourth-order valence-electron chi connectivity index (χ4n) is 1.52. The standard InChI is InChI=1S/C12H13ClF3NO4/c1-3-20-10(18)5-7-4-9(19-2)11(17-8(7)6-13)21-12(14,15)16/h4H,3,5-6H2,1-2H3. The molecule has 0 unspecified atom stereocenters. The van der Waals surface area contributed by atoms with Crippen molar-refractivity contribution in [2.45, 2.75) is 25.6 Å². The van der Waals surface area contributed by atoms with Crippen LogP contribution in [0.2, 0.25) is 0 Å². The van der Waals surface area contributed by atoms with E-state index in [0.717, 1.165) is 7.11 Å². The van der Waals surface area contributed by atoms with Gasteiger partial charge in [0.15, 0.2) is 5.75 Å². The number of nitrogens with zero attached hydrogens (tertiary/aromatic N) is 1. The fourth-order valence-corrected chi connectivity index (χ4v) is 1.75. The smallest absolute Gasteiger partial charge is 0.491 e. The number of hydrogen-bond donors (Lipinski definition) is 0. The molecule has 9 heteroatoms. The van der Waals surface area contributed by atoms with Gasteiger partial charge in [-0.3, -0.25) is 4.79 Å². The van der Waals surface area contributed by atoms with Gasteiger partial charge in [0.25, 0.3) is 5.88 Å². The highest BCUT2D eigenvalue weighted by atomic mass is 35.5. The van der Waals surface area contributed by atoms with E-state index >= 15 is 0 Å². The van der Waals surface area contributed by atoms with Crippen molar-refractivity contribution < 1.29 is 32.2 Å². The lowest BCUT2D eigenvalue weighted by atomic mass is 10.1. The second-order valence-corrected chi connectivity index (χ2v) is 4.03. The summed E-state index contributed by atoms with van der Waals surface area (Å²) in [5, 5.41) is 0. The van der Waals surface area contributed by atoms with E-state index in [9.17, 15) is 18.0 Å². The molecule has 1 aromatic rings. The summed E-state index contributed by atoms with van der Waals surface area (Å²) < 4.78 is 50.2. The Morgan fingerprint density at radius 1 is 1.43 bits per heavy atom. The molecule has 0 fully saturated rings. The number of aromatic nitrogens is 1.